The van der Waals surface area contributed by atoms with Crippen molar-refractivity contribution in [3.05, 3.63) is 41.3 Å². The van der Waals surface area contributed by atoms with Crippen molar-refractivity contribution in [3.63, 3.8) is 0 Å². The minimum atomic E-state index is -0.291. The van der Waals surface area contributed by atoms with Gasteiger partial charge < -0.3 is 5.32 Å². The number of hydrogen-bond donors (Lipinski definition) is 1. The molecule has 5 nitrogen and oxygen atoms in total. The van der Waals surface area contributed by atoms with E-state index < -0.39 is 0 Å². The molecule has 0 aliphatic rings. The number of carbonyl (C=O) groups is 1. The fourth-order valence-electron chi connectivity index (χ4n) is 1.25. The first kappa shape index (κ1) is 10.6. The van der Waals surface area contributed by atoms with Gasteiger partial charge in [-0.1, -0.05) is 11.6 Å². The Balaban J connectivity index is 2.21. The fourth-order valence-corrected chi connectivity index (χ4v) is 1.41. The number of pyridine rings is 1. The number of aryl methyl sites for hydroxylation is 1. The average Bonchev–Trinajstić information content (AvgIpc) is 2.68. The number of hydrogen-bond acceptors (Lipinski definition) is 3. The van der Waals surface area contributed by atoms with Gasteiger partial charge in [0.15, 0.2) is 5.82 Å². The number of aromatic nitrogens is 3. The normalized spacial score (nSPS) is 10.1. The number of amides is 1. The van der Waals surface area contributed by atoms with Gasteiger partial charge in [0.25, 0.3) is 5.91 Å². The number of carbonyl (C=O) groups excluding carboxylic acids is 1. The van der Waals surface area contributed by atoms with E-state index in [1.165, 1.54) is 4.68 Å². The molecule has 0 aliphatic carbocycles. The Morgan fingerprint density at radius 3 is 2.88 bits per heavy atom. The number of nitrogens with zero attached hydrogens (tertiary/aromatic N) is 3. The second kappa shape index (κ2) is 4.32. The standard InChI is InChI=1S/C10H9ClN4O/c1-15-8(4-6-13-15)10(16)14-9-7(11)3-2-5-12-9/h2-6H,1H3,(H,12,14,16). The molecule has 0 bridgehead atoms. The Labute approximate surface area is 97.1 Å². The fraction of sp³-hybridized carbons (Fsp3) is 0.100. The molecule has 6 heteroatoms. The molecule has 16 heavy (non-hydrogen) atoms. The van der Waals surface area contributed by atoms with Gasteiger partial charge in [-0.25, -0.2) is 4.98 Å². The second-order valence-electron chi connectivity index (χ2n) is 3.13. The van der Waals surface area contributed by atoms with Crippen LogP contribution in [-0.2, 0) is 7.05 Å². The number of anilines is 1. The minimum Gasteiger partial charge on any atom is -0.304 e. The number of rotatable bonds is 2. The molecule has 2 heterocycles. The summed E-state index contributed by atoms with van der Waals surface area (Å²) >= 11 is 5.87. The van der Waals surface area contributed by atoms with Crippen molar-refractivity contribution in [1.29, 1.82) is 0 Å². The summed E-state index contributed by atoms with van der Waals surface area (Å²) in [6.45, 7) is 0. The van der Waals surface area contributed by atoms with Gasteiger partial charge in [-0.2, -0.15) is 5.10 Å². The molecule has 0 aliphatic heterocycles. The maximum absolute atomic E-state index is 11.8. The molecule has 2 aromatic heterocycles. The van der Waals surface area contributed by atoms with E-state index in [0.717, 1.165) is 0 Å². The first-order chi connectivity index (χ1) is 7.68. The first-order valence-corrected chi connectivity index (χ1v) is 4.96. The lowest BCUT2D eigenvalue weighted by Gasteiger charge is -2.05. The molecule has 0 saturated carbocycles. The maximum Gasteiger partial charge on any atom is 0.275 e. The van der Waals surface area contributed by atoms with Crippen molar-refractivity contribution >= 4 is 23.3 Å². The molecule has 82 valence electrons. The molecular formula is C10H9ClN4O. The van der Waals surface area contributed by atoms with Crippen molar-refractivity contribution in [3.8, 4) is 0 Å². The van der Waals surface area contributed by atoms with Crippen LogP contribution in [0, 0.1) is 0 Å². The highest BCUT2D eigenvalue weighted by Gasteiger charge is 2.11. The van der Waals surface area contributed by atoms with Crippen LogP contribution in [0.5, 0.6) is 0 Å². The van der Waals surface area contributed by atoms with Crippen LogP contribution in [0.25, 0.3) is 0 Å². The molecule has 0 fully saturated rings. The van der Waals surface area contributed by atoms with Crippen LogP contribution in [0.15, 0.2) is 30.6 Å². The molecule has 0 atom stereocenters. The average molecular weight is 237 g/mol. The quantitative estimate of drug-likeness (QED) is 0.864. The monoisotopic (exact) mass is 236 g/mol. The summed E-state index contributed by atoms with van der Waals surface area (Å²) in [6, 6.07) is 4.97. The lowest BCUT2D eigenvalue weighted by molar-refractivity contribution is 0.101. The minimum absolute atomic E-state index is 0.291. The molecule has 0 aromatic carbocycles. The van der Waals surface area contributed by atoms with E-state index in [2.05, 4.69) is 15.4 Å². The molecule has 1 N–H and O–H groups in total. The second-order valence-corrected chi connectivity index (χ2v) is 3.54. The summed E-state index contributed by atoms with van der Waals surface area (Å²) in [5.74, 6) is 0.0518. The molecule has 0 unspecified atom stereocenters. The van der Waals surface area contributed by atoms with Crippen LogP contribution < -0.4 is 5.32 Å². The van der Waals surface area contributed by atoms with Gasteiger partial charge in [-0.3, -0.25) is 9.48 Å². The predicted molar refractivity (Wildman–Crippen MR) is 60.4 cm³/mol. The van der Waals surface area contributed by atoms with E-state index in [-0.39, 0.29) is 5.91 Å². The van der Waals surface area contributed by atoms with E-state index in [9.17, 15) is 4.79 Å². The topological polar surface area (TPSA) is 59.8 Å². The van der Waals surface area contributed by atoms with E-state index in [1.807, 2.05) is 0 Å². The molecule has 0 saturated heterocycles. The Kier molecular flexibility index (Phi) is 2.87. The van der Waals surface area contributed by atoms with Crippen LogP contribution in [0.4, 0.5) is 5.82 Å². The van der Waals surface area contributed by atoms with E-state index >= 15 is 0 Å². The summed E-state index contributed by atoms with van der Waals surface area (Å²) in [4.78, 5) is 15.7. The third-order valence-electron chi connectivity index (χ3n) is 2.04. The highest BCUT2D eigenvalue weighted by Crippen LogP contribution is 2.17. The predicted octanol–water partition coefficient (Wildman–Crippen LogP) is 1.72. The van der Waals surface area contributed by atoms with E-state index in [0.29, 0.717) is 16.5 Å². The van der Waals surface area contributed by atoms with Gasteiger partial charge in [0.2, 0.25) is 0 Å². The van der Waals surface area contributed by atoms with Gasteiger partial charge in [-0.15, -0.1) is 0 Å². The Morgan fingerprint density at radius 1 is 1.44 bits per heavy atom. The van der Waals surface area contributed by atoms with Crippen molar-refractivity contribution < 1.29 is 4.79 Å². The zero-order chi connectivity index (χ0) is 11.5. The van der Waals surface area contributed by atoms with Gasteiger partial charge in [0.1, 0.15) is 5.69 Å². The molecule has 1 amide bonds. The molecular weight excluding hydrogens is 228 g/mol. The van der Waals surface area contributed by atoms with Crippen molar-refractivity contribution in [2.24, 2.45) is 7.05 Å². The van der Waals surface area contributed by atoms with Crippen molar-refractivity contribution in [1.82, 2.24) is 14.8 Å². The van der Waals surface area contributed by atoms with Crippen LogP contribution in [0.2, 0.25) is 5.02 Å². The Bertz CT molecular complexity index is 523. The van der Waals surface area contributed by atoms with Crippen molar-refractivity contribution in [2.75, 3.05) is 5.32 Å². The highest BCUT2D eigenvalue weighted by atomic mass is 35.5. The number of halogens is 1. The summed E-state index contributed by atoms with van der Waals surface area (Å²) in [6.07, 6.45) is 3.11. The first-order valence-electron chi connectivity index (χ1n) is 4.58. The SMILES string of the molecule is Cn1nccc1C(=O)Nc1ncccc1Cl. The lowest BCUT2D eigenvalue weighted by atomic mass is 10.4. The van der Waals surface area contributed by atoms with Gasteiger partial charge >= 0.3 is 0 Å². The van der Waals surface area contributed by atoms with E-state index in [4.69, 9.17) is 11.6 Å². The third-order valence-corrected chi connectivity index (χ3v) is 2.35. The summed E-state index contributed by atoms with van der Waals surface area (Å²) in [5, 5.41) is 6.92. The summed E-state index contributed by atoms with van der Waals surface area (Å²) in [7, 11) is 1.69. The number of nitrogens with one attached hydrogen (secondary N) is 1. The highest BCUT2D eigenvalue weighted by molar-refractivity contribution is 6.33. The van der Waals surface area contributed by atoms with Crippen LogP contribution in [-0.4, -0.2) is 20.7 Å². The molecule has 0 radical (unpaired) electrons. The largest absolute Gasteiger partial charge is 0.304 e. The maximum atomic E-state index is 11.8. The summed E-state index contributed by atoms with van der Waals surface area (Å²) in [5.41, 5.74) is 0.446. The zero-order valence-electron chi connectivity index (χ0n) is 8.51. The van der Waals surface area contributed by atoms with Crippen LogP contribution >= 0.6 is 11.6 Å². The lowest BCUT2D eigenvalue weighted by Crippen LogP contribution is -2.17. The molecule has 2 aromatic rings. The molecule has 2 rings (SSSR count). The van der Waals surface area contributed by atoms with Gasteiger partial charge in [-0.05, 0) is 18.2 Å². The molecule has 0 spiro atoms. The third kappa shape index (κ3) is 2.04. The van der Waals surface area contributed by atoms with Crippen LogP contribution in [0.3, 0.4) is 0 Å². The Morgan fingerprint density at radius 2 is 2.25 bits per heavy atom. The smallest absolute Gasteiger partial charge is 0.275 e. The zero-order valence-corrected chi connectivity index (χ0v) is 9.27. The summed E-state index contributed by atoms with van der Waals surface area (Å²) < 4.78 is 1.48. The van der Waals surface area contributed by atoms with Gasteiger partial charge in [0, 0.05) is 19.4 Å². The Hall–Kier alpha value is -1.88. The van der Waals surface area contributed by atoms with Gasteiger partial charge in [0.05, 0.1) is 5.02 Å². The van der Waals surface area contributed by atoms with Crippen molar-refractivity contribution in [2.45, 2.75) is 0 Å². The van der Waals surface area contributed by atoms with Crippen LogP contribution in [0.1, 0.15) is 10.5 Å². The van der Waals surface area contributed by atoms with E-state index in [1.54, 1.807) is 37.6 Å².